The van der Waals surface area contributed by atoms with Crippen LogP contribution in [0, 0.1) is 16.0 Å². The first-order chi connectivity index (χ1) is 9.47. The Morgan fingerprint density at radius 2 is 2.25 bits per heavy atom. The second-order valence-electron chi connectivity index (χ2n) is 4.78. The second-order valence-corrected chi connectivity index (χ2v) is 4.78. The lowest BCUT2D eigenvalue weighted by Gasteiger charge is -2.30. The Bertz CT molecular complexity index is 557. The molecule has 7 heteroatoms. The number of carbonyl (C=O) groups is 2. The predicted octanol–water partition coefficient (Wildman–Crippen LogP) is 1.42. The Hall–Kier alpha value is -2.44. The van der Waals surface area contributed by atoms with Crippen molar-refractivity contribution in [3.63, 3.8) is 0 Å². The van der Waals surface area contributed by atoms with Crippen molar-refractivity contribution >= 4 is 17.6 Å². The van der Waals surface area contributed by atoms with Crippen LogP contribution in [-0.4, -0.2) is 33.4 Å². The zero-order valence-corrected chi connectivity index (χ0v) is 10.7. The van der Waals surface area contributed by atoms with Crippen LogP contribution >= 0.6 is 0 Å². The van der Waals surface area contributed by atoms with E-state index in [0.717, 1.165) is 0 Å². The standard InChI is InChI=1S/C13H14N2O5/c16-12-5-4-10(13(17)18)8-14(12)7-9-2-1-3-11(6-9)15(19)20/h1-3,6,10H,4-5,7-8H2,(H,17,18). The highest BCUT2D eigenvalue weighted by atomic mass is 16.6. The zero-order chi connectivity index (χ0) is 14.7. The van der Waals surface area contributed by atoms with Gasteiger partial charge in [-0.25, -0.2) is 0 Å². The van der Waals surface area contributed by atoms with Gasteiger partial charge in [0, 0.05) is 31.6 Å². The van der Waals surface area contributed by atoms with Gasteiger partial charge in [-0.1, -0.05) is 12.1 Å². The van der Waals surface area contributed by atoms with E-state index >= 15 is 0 Å². The van der Waals surface area contributed by atoms with Crippen LogP contribution in [0.5, 0.6) is 0 Å². The van der Waals surface area contributed by atoms with Crippen LogP contribution < -0.4 is 0 Å². The summed E-state index contributed by atoms with van der Waals surface area (Å²) in [6.45, 7) is 0.348. The molecule has 1 aliphatic rings. The summed E-state index contributed by atoms with van der Waals surface area (Å²) in [4.78, 5) is 34.4. The lowest BCUT2D eigenvalue weighted by Crippen LogP contribution is -2.42. The summed E-state index contributed by atoms with van der Waals surface area (Å²) in [7, 11) is 0. The van der Waals surface area contributed by atoms with Gasteiger partial charge >= 0.3 is 5.97 Å². The highest BCUT2D eigenvalue weighted by Gasteiger charge is 2.30. The van der Waals surface area contributed by atoms with E-state index < -0.39 is 16.8 Å². The molecule has 0 aliphatic carbocycles. The number of likely N-dealkylation sites (tertiary alicyclic amines) is 1. The predicted molar refractivity (Wildman–Crippen MR) is 68.9 cm³/mol. The van der Waals surface area contributed by atoms with Crippen molar-refractivity contribution in [2.45, 2.75) is 19.4 Å². The van der Waals surface area contributed by atoms with Crippen molar-refractivity contribution < 1.29 is 19.6 Å². The fourth-order valence-corrected chi connectivity index (χ4v) is 2.26. The number of benzene rings is 1. The number of amides is 1. The fraction of sp³-hybridized carbons (Fsp3) is 0.385. The van der Waals surface area contributed by atoms with Crippen molar-refractivity contribution in [1.29, 1.82) is 0 Å². The number of carboxylic acids is 1. The third kappa shape index (κ3) is 3.11. The summed E-state index contributed by atoms with van der Waals surface area (Å²) in [5, 5.41) is 19.7. The molecule has 1 N–H and O–H groups in total. The van der Waals surface area contributed by atoms with Crippen LogP contribution in [-0.2, 0) is 16.1 Å². The van der Waals surface area contributed by atoms with E-state index in [-0.39, 0.29) is 31.1 Å². The smallest absolute Gasteiger partial charge is 0.308 e. The first kappa shape index (κ1) is 14.0. The summed E-state index contributed by atoms with van der Waals surface area (Å²) >= 11 is 0. The number of carboxylic acid groups (broad SMARTS) is 1. The minimum Gasteiger partial charge on any atom is -0.481 e. The van der Waals surface area contributed by atoms with Gasteiger partial charge in [0.25, 0.3) is 5.69 Å². The van der Waals surface area contributed by atoms with E-state index in [2.05, 4.69) is 0 Å². The molecule has 1 aliphatic heterocycles. The van der Waals surface area contributed by atoms with E-state index in [1.165, 1.54) is 17.0 Å². The minimum absolute atomic E-state index is 0.0401. The van der Waals surface area contributed by atoms with E-state index in [1.807, 2.05) is 0 Å². The van der Waals surface area contributed by atoms with Crippen LogP contribution in [0.2, 0.25) is 0 Å². The molecule has 1 heterocycles. The Balaban J connectivity index is 2.11. The van der Waals surface area contributed by atoms with E-state index in [4.69, 9.17) is 5.11 Å². The van der Waals surface area contributed by atoms with E-state index in [0.29, 0.717) is 12.0 Å². The van der Waals surface area contributed by atoms with Crippen LogP contribution in [0.15, 0.2) is 24.3 Å². The summed E-state index contributed by atoms with van der Waals surface area (Å²) in [6, 6.07) is 6.01. The van der Waals surface area contributed by atoms with Crippen molar-refractivity contribution in [2.24, 2.45) is 5.92 Å². The Morgan fingerprint density at radius 3 is 2.90 bits per heavy atom. The number of rotatable bonds is 4. The number of nitro benzene ring substituents is 1. The molecule has 1 aromatic rings. The first-order valence-electron chi connectivity index (χ1n) is 6.21. The zero-order valence-electron chi connectivity index (χ0n) is 10.7. The third-order valence-corrected chi connectivity index (χ3v) is 3.34. The fourth-order valence-electron chi connectivity index (χ4n) is 2.26. The highest BCUT2D eigenvalue weighted by Crippen LogP contribution is 2.21. The molecule has 106 valence electrons. The van der Waals surface area contributed by atoms with Gasteiger partial charge < -0.3 is 10.0 Å². The van der Waals surface area contributed by atoms with Gasteiger partial charge in [0.1, 0.15) is 0 Å². The molecule has 7 nitrogen and oxygen atoms in total. The molecule has 0 bridgehead atoms. The molecule has 0 radical (unpaired) electrons. The number of nitro groups is 1. The van der Waals surface area contributed by atoms with Gasteiger partial charge in [0.15, 0.2) is 0 Å². The normalized spacial score (nSPS) is 18.9. The average Bonchev–Trinajstić information content (AvgIpc) is 2.41. The van der Waals surface area contributed by atoms with Gasteiger partial charge in [-0.05, 0) is 12.0 Å². The van der Waals surface area contributed by atoms with Crippen molar-refractivity contribution in [2.75, 3.05) is 6.54 Å². The largest absolute Gasteiger partial charge is 0.481 e. The maximum absolute atomic E-state index is 11.8. The monoisotopic (exact) mass is 278 g/mol. The van der Waals surface area contributed by atoms with Gasteiger partial charge in [-0.2, -0.15) is 0 Å². The summed E-state index contributed by atoms with van der Waals surface area (Å²) in [5.41, 5.74) is 0.584. The van der Waals surface area contributed by atoms with E-state index in [1.54, 1.807) is 12.1 Å². The van der Waals surface area contributed by atoms with Crippen LogP contribution in [0.25, 0.3) is 0 Å². The molecule has 1 atom stereocenters. The molecule has 1 amide bonds. The molecule has 1 unspecified atom stereocenters. The van der Waals surface area contributed by atoms with E-state index in [9.17, 15) is 19.7 Å². The van der Waals surface area contributed by atoms with Crippen molar-refractivity contribution in [3.8, 4) is 0 Å². The highest BCUT2D eigenvalue weighted by molar-refractivity contribution is 5.80. The number of aliphatic carboxylic acids is 1. The Morgan fingerprint density at radius 1 is 1.50 bits per heavy atom. The van der Waals surface area contributed by atoms with Gasteiger partial charge in [0.2, 0.25) is 5.91 Å². The molecule has 0 spiro atoms. The van der Waals surface area contributed by atoms with Gasteiger partial charge in [-0.15, -0.1) is 0 Å². The second kappa shape index (κ2) is 5.68. The molecule has 0 saturated carbocycles. The molecule has 2 rings (SSSR count). The molecule has 1 aromatic carbocycles. The number of hydrogen-bond donors (Lipinski definition) is 1. The SMILES string of the molecule is O=C(O)C1CCC(=O)N(Cc2cccc([N+](=O)[O-])c2)C1. The number of non-ortho nitro benzene ring substituents is 1. The number of hydrogen-bond acceptors (Lipinski definition) is 4. The Kier molecular flexibility index (Phi) is 3.97. The molecular weight excluding hydrogens is 264 g/mol. The lowest BCUT2D eigenvalue weighted by molar-refractivity contribution is -0.384. The maximum Gasteiger partial charge on any atom is 0.308 e. The number of carbonyl (C=O) groups excluding carboxylic acids is 1. The molecule has 1 fully saturated rings. The summed E-state index contributed by atoms with van der Waals surface area (Å²) in [6.07, 6.45) is 0.547. The molecule has 20 heavy (non-hydrogen) atoms. The van der Waals surface area contributed by atoms with Gasteiger partial charge in [0.05, 0.1) is 10.8 Å². The Labute approximate surface area is 115 Å². The van der Waals surface area contributed by atoms with Crippen LogP contribution in [0.1, 0.15) is 18.4 Å². The topological polar surface area (TPSA) is 101 Å². The summed E-state index contributed by atoms with van der Waals surface area (Å²) in [5.74, 6) is -1.60. The minimum atomic E-state index is -0.915. The molecule has 0 aromatic heterocycles. The van der Waals surface area contributed by atoms with Crippen molar-refractivity contribution in [1.82, 2.24) is 4.90 Å². The van der Waals surface area contributed by atoms with Crippen LogP contribution in [0.3, 0.4) is 0 Å². The first-order valence-corrected chi connectivity index (χ1v) is 6.21. The third-order valence-electron chi connectivity index (χ3n) is 3.34. The van der Waals surface area contributed by atoms with Crippen molar-refractivity contribution in [3.05, 3.63) is 39.9 Å². The number of piperidine rings is 1. The van der Waals surface area contributed by atoms with Gasteiger partial charge in [-0.3, -0.25) is 19.7 Å². The molecule has 1 saturated heterocycles. The van der Waals surface area contributed by atoms with Crippen LogP contribution in [0.4, 0.5) is 5.69 Å². The summed E-state index contributed by atoms with van der Waals surface area (Å²) < 4.78 is 0. The lowest BCUT2D eigenvalue weighted by atomic mass is 9.97. The molecular formula is C13H14N2O5. The number of nitrogens with zero attached hydrogens (tertiary/aromatic N) is 2. The average molecular weight is 278 g/mol. The quantitative estimate of drug-likeness (QED) is 0.663. The maximum atomic E-state index is 11.8.